The van der Waals surface area contributed by atoms with E-state index in [0.717, 1.165) is 17.8 Å². The Hall–Kier alpha value is -2.32. The molecule has 0 aliphatic heterocycles. The van der Waals surface area contributed by atoms with Crippen LogP contribution in [0.15, 0.2) is 41.4 Å². The van der Waals surface area contributed by atoms with E-state index in [1.165, 1.54) is 17.3 Å². The van der Waals surface area contributed by atoms with Crippen LogP contribution in [0.3, 0.4) is 0 Å². The summed E-state index contributed by atoms with van der Waals surface area (Å²) in [6, 6.07) is 13.9. The molecule has 0 saturated heterocycles. The van der Waals surface area contributed by atoms with Gasteiger partial charge in [0.2, 0.25) is 5.91 Å². The Balaban J connectivity index is 2.14. The molecule has 0 bridgehead atoms. The van der Waals surface area contributed by atoms with Gasteiger partial charge in [0.25, 0.3) is 0 Å². The molecule has 0 saturated carbocycles. The van der Waals surface area contributed by atoms with Gasteiger partial charge in [-0.2, -0.15) is 5.26 Å². The van der Waals surface area contributed by atoms with Crippen molar-refractivity contribution >= 4 is 23.4 Å². The second-order valence-corrected chi connectivity index (χ2v) is 8.84. The summed E-state index contributed by atoms with van der Waals surface area (Å²) in [5.41, 5.74) is 3.50. The number of hydrogen-bond donors (Lipinski definition) is 1. The van der Waals surface area contributed by atoms with Gasteiger partial charge in [0.15, 0.2) is 0 Å². The maximum atomic E-state index is 12.8. The van der Waals surface area contributed by atoms with Crippen LogP contribution < -0.4 is 5.32 Å². The predicted molar refractivity (Wildman–Crippen MR) is 117 cm³/mol. The largest absolute Gasteiger partial charge is 0.325 e. The molecule has 1 N–H and O–H groups in total. The first-order valence-corrected chi connectivity index (χ1v) is 10.7. The Morgan fingerprint density at radius 1 is 1.14 bits per heavy atom. The Morgan fingerprint density at radius 3 is 2.36 bits per heavy atom. The minimum atomic E-state index is -0.307. The summed E-state index contributed by atoms with van der Waals surface area (Å²) in [4.78, 5) is 17.4. The van der Waals surface area contributed by atoms with Crippen molar-refractivity contribution in [3.63, 3.8) is 0 Å². The lowest BCUT2D eigenvalue weighted by molar-refractivity contribution is -0.115. The predicted octanol–water partition coefficient (Wildman–Crippen LogP) is 5.78. The molecule has 2 aromatic rings. The third-order valence-electron chi connectivity index (χ3n) is 4.42. The topological polar surface area (TPSA) is 65.8 Å². The number of hydrogen-bond acceptors (Lipinski definition) is 4. The van der Waals surface area contributed by atoms with E-state index in [1.807, 2.05) is 43.3 Å². The van der Waals surface area contributed by atoms with E-state index in [-0.39, 0.29) is 11.2 Å². The smallest absolute Gasteiger partial charge is 0.237 e. The van der Waals surface area contributed by atoms with Crippen LogP contribution >= 0.6 is 11.8 Å². The SMILES string of the molecule is CCC(Sc1nc(CC(C)C)ccc1C#N)C(=O)Nc1ccc(C(C)C)cc1. The molecule has 0 spiro atoms. The summed E-state index contributed by atoms with van der Waals surface area (Å²) in [6.45, 7) is 10.5. The Morgan fingerprint density at radius 2 is 1.82 bits per heavy atom. The molecule has 0 aliphatic carbocycles. The summed E-state index contributed by atoms with van der Waals surface area (Å²) in [7, 11) is 0. The Kier molecular flexibility index (Phi) is 8.07. The van der Waals surface area contributed by atoms with Gasteiger partial charge in [0, 0.05) is 11.4 Å². The fourth-order valence-corrected chi connectivity index (χ4v) is 3.83. The van der Waals surface area contributed by atoms with Crippen molar-refractivity contribution in [3.05, 3.63) is 53.2 Å². The molecule has 148 valence electrons. The number of carbonyl (C=O) groups is 1. The lowest BCUT2D eigenvalue weighted by Gasteiger charge is -2.16. The highest BCUT2D eigenvalue weighted by molar-refractivity contribution is 8.00. The van der Waals surface area contributed by atoms with Crippen molar-refractivity contribution in [1.29, 1.82) is 5.26 Å². The van der Waals surface area contributed by atoms with Crippen LogP contribution in [0.4, 0.5) is 5.69 Å². The van der Waals surface area contributed by atoms with Gasteiger partial charge in [-0.3, -0.25) is 4.79 Å². The quantitative estimate of drug-likeness (QED) is 0.575. The number of thioether (sulfide) groups is 1. The summed E-state index contributed by atoms with van der Waals surface area (Å²) in [6.07, 6.45) is 1.51. The van der Waals surface area contributed by atoms with E-state index < -0.39 is 0 Å². The standard InChI is InChI=1S/C23H29N3OS/c1-6-21(22(27)25-19-10-7-17(8-11-19)16(4)5)28-23-18(14-24)9-12-20(26-23)13-15(2)3/h7-12,15-16,21H,6,13H2,1-5H3,(H,25,27). The van der Waals surface area contributed by atoms with Crippen LogP contribution in [0.1, 0.15) is 63.8 Å². The fraction of sp³-hybridized carbons (Fsp3) is 0.435. The molecular weight excluding hydrogens is 366 g/mol. The van der Waals surface area contributed by atoms with Gasteiger partial charge in [-0.1, -0.05) is 58.5 Å². The molecule has 1 aromatic carbocycles. The first-order valence-electron chi connectivity index (χ1n) is 9.81. The number of pyridine rings is 1. The number of nitriles is 1. The second-order valence-electron chi connectivity index (χ2n) is 7.65. The zero-order valence-electron chi connectivity index (χ0n) is 17.3. The van der Waals surface area contributed by atoms with Crippen LogP contribution in [0.25, 0.3) is 0 Å². The molecule has 1 amide bonds. The lowest BCUT2D eigenvalue weighted by Crippen LogP contribution is -2.24. The first kappa shape index (κ1) is 22.0. The zero-order valence-corrected chi connectivity index (χ0v) is 18.1. The summed E-state index contributed by atoms with van der Waals surface area (Å²) in [5, 5.41) is 12.7. The highest BCUT2D eigenvalue weighted by atomic mass is 32.2. The number of amides is 1. The van der Waals surface area contributed by atoms with Crippen LogP contribution in [-0.2, 0) is 11.2 Å². The van der Waals surface area contributed by atoms with E-state index in [9.17, 15) is 10.1 Å². The Labute approximate surface area is 172 Å². The zero-order chi connectivity index (χ0) is 20.7. The monoisotopic (exact) mass is 395 g/mol. The molecule has 5 heteroatoms. The van der Waals surface area contributed by atoms with Crippen molar-refractivity contribution in [3.8, 4) is 6.07 Å². The molecule has 0 aliphatic rings. The van der Waals surface area contributed by atoms with Gasteiger partial charge in [-0.05, 0) is 54.5 Å². The van der Waals surface area contributed by atoms with Gasteiger partial charge < -0.3 is 5.32 Å². The number of nitrogens with one attached hydrogen (secondary N) is 1. The van der Waals surface area contributed by atoms with Crippen molar-refractivity contribution < 1.29 is 4.79 Å². The van der Waals surface area contributed by atoms with E-state index in [0.29, 0.717) is 28.8 Å². The number of nitrogens with zero attached hydrogens (tertiary/aromatic N) is 2. The van der Waals surface area contributed by atoms with Crippen LogP contribution in [0, 0.1) is 17.2 Å². The molecule has 1 heterocycles. The number of carbonyl (C=O) groups excluding carboxylic acids is 1. The summed E-state index contributed by atoms with van der Waals surface area (Å²) >= 11 is 1.37. The molecule has 2 rings (SSSR count). The van der Waals surface area contributed by atoms with Crippen LogP contribution in [0.5, 0.6) is 0 Å². The van der Waals surface area contributed by atoms with E-state index in [2.05, 4.69) is 44.1 Å². The highest BCUT2D eigenvalue weighted by Crippen LogP contribution is 2.29. The summed E-state index contributed by atoms with van der Waals surface area (Å²) in [5.74, 6) is 0.874. The number of rotatable bonds is 8. The van der Waals surface area contributed by atoms with Crippen molar-refractivity contribution in [2.45, 2.75) is 63.7 Å². The Bertz CT molecular complexity index is 838. The minimum absolute atomic E-state index is 0.0650. The normalized spacial score (nSPS) is 12.1. The van der Waals surface area contributed by atoms with Crippen LogP contribution in [-0.4, -0.2) is 16.1 Å². The lowest BCUT2D eigenvalue weighted by atomic mass is 10.0. The molecule has 0 fully saturated rings. The molecule has 4 nitrogen and oxygen atoms in total. The first-order chi connectivity index (χ1) is 13.3. The van der Waals surface area contributed by atoms with Gasteiger partial charge in [0.1, 0.15) is 11.1 Å². The van der Waals surface area contributed by atoms with Crippen molar-refractivity contribution in [2.24, 2.45) is 5.92 Å². The minimum Gasteiger partial charge on any atom is -0.325 e. The third-order valence-corrected chi connectivity index (χ3v) is 5.78. The van der Waals surface area contributed by atoms with Crippen molar-refractivity contribution in [2.75, 3.05) is 5.32 Å². The van der Waals surface area contributed by atoms with E-state index >= 15 is 0 Å². The molecule has 0 radical (unpaired) electrons. The second kappa shape index (κ2) is 10.3. The molecular formula is C23H29N3OS. The van der Waals surface area contributed by atoms with E-state index in [1.54, 1.807) is 0 Å². The molecule has 28 heavy (non-hydrogen) atoms. The third kappa shape index (κ3) is 6.10. The maximum absolute atomic E-state index is 12.8. The van der Waals surface area contributed by atoms with Crippen LogP contribution in [0.2, 0.25) is 0 Å². The van der Waals surface area contributed by atoms with Gasteiger partial charge >= 0.3 is 0 Å². The highest BCUT2D eigenvalue weighted by Gasteiger charge is 2.21. The van der Waals surface area contributed by atoms with Gasteiger partial charge in [0.05, 0.1) is 10.8 Å². The number of benzene rings is 1. The molecule has 1 unspecified atom stereocenters. The van der Waals surface area contributed by atoms with Gasteiger partial charge in [-0.15, -0.1) is 0 Å². The van der Waals surface area contributed by atoms with Gasteiger partial charge in [-0.25, -0.2) is 4.98 Å². The maximum Gasteiger partial charge on any atom is 0.237 e. The molecule has 1 atom stereocenters. The number of anilines is 1. The fourth-order valence-electron chi connectivity index (χ4n) is 2.82. The average Bonchev–Trinajstić information content (AvgIpc) is 2.66. The summed E-state index contributed by atoms with van der Waals surface area (Å²) < 4.78 is 0. The average molecular weight is 396 g/mol. The number of aromatic nitrogens is 1. The molecule has 1 aromatic heterocycles. The van der Waals surface area contributed by atoms with E-state index in [4.69, 9.17) is 0 Å². The van der Waals surface area contributed by atoms with Crippen molar-refractivity contribution in [1.82, 2.24) is 4.98 Å².